The molecule has 1 heterocycles. The molecule has 1 amide bonds. The zero-order chi connectivity index (χ0) is 10.7. The topological polar surface area (TPSA) is 23.6 Å². The third-order valence-corrected chi connectivity index (χ3v) is 2.92. The molecule has 0 radical (unpaired) electrons. The van der Waals surface area contributed by atoms with Crippen LogP contribution in [-0.4, -0.2) is 48.4 Å². The van der Waals surface area contributed by atoms with Gasteiger partial charge in [-0.3, -0.25) is 4.79 Å². The van der Waals surface area contributed by atoms with Gasteiger partial charge in [-0.25, -0.2) is 0 Å². The summed E-state index contributed by atoms with van der Waals surface area (Å²) in [5.41, 5.74) is 0. The predicted octanol–water partition coefficient (Wildman–Crippen LogP) is 1.19. The molecule has 1 unspecified atom stereocenters. The Morgan fingerprint density at radius 1 is 1.57 bits per heavy atom. The van der Waals surface area contributed by atoms with Gasteiger partial charge in [0.15, 0.2) is 0 Å². The molecule has 1 saturated heterocycles. The summed E-state index contributed by atoms with van der Waals surface area (Å²) in [5, 5.41) is 0. The van der Waals surface area contributed by atoms with Gasteiger partial charge in [-0.1, -0.05) is 13.8 Å². The molecular formula is C11H22N2O. The fourth-order valence-electron chi connectivity index (χ4n) is 2.07. The van der Waals surface area contributed by atoms with E-state index in [2.05, 4.69) is 18.7 Å². The van der Waals surface area contributed by atoms with Gasteiger partial charge < -0.3 is 9.80 Å². The third-order valence-electron chi connectivity index (χ3n) is 2.92. The largest absolute Gasteiger partial charge is 0.342 e. The normalized spacial score (nSPS) is 23.1. The minimum Gasteiger partial charge on any atom is -0.342 e. The van der Waals surface area contributed by atoms with Crippen LogP contribution in [0.3, 0.4) is 0 Å². The van der Waals surface area contributed by atoms with Crippen LogP contribution in [0.25, 0.3) is 0 Å². The Balaban J connectivity index is 2.37. The first-order valence-electron chi connectivity index (χ1n) is 5.46. The van der Waals surface area contributed by atoms with Gasteiger partial charge in [0.2, 0.25) is 5.91 Å². The van der Waals surface area contributed by atoms with Gasteiger partial charge in [0.25, 0.3) is 0 Å². The Kier molecular flexibility index (Phi) is 3.93. The average Bonchev–Trinajstić information content (AvgIpc) is 2.50. The second-order valence-corrected chi connectivity index (χ2v) is 4.73. The van der Waals surface area contributed by atoms with Gasteiger partial charge in [-0.05, 0) is 12.3 Å². The predicted molar refractivity (Wildman–Crippen MR) is 58.1 cm³/mol. The summed E-state index contributed by atoms with van der Waals surface area (Å²) < 4.78 is 0. The molecule has 3 heteroatoms. The fourth-order valence-corrected chi connectivity index (χ4v) is 2.07. The van der Waals surface area contributed by atoms with Crippen molar-refractivity contribution in [1.29, 1.82) is 0 Å². The van der Waals surface area contributed by atoms with Crippen LogP contribution in [0.5, 0.6) is 0 Å². The molecule has 82 valence electrons. The summed E-state index contributed by atoms with van der Waals surface area (Å²) in [6, 6.07) is 0.436. The van der Waals surface area contributed by atoms with E-state index in [1.54, 1.807) is 6.92 Å². The lowest BCUT2D eigenvalue weighted by Crippen LogP contribution is -2.38. The van der Waals surface area contributed by atoms with Crippen molar-refractivity contribution in [3.05, 3.63) is 0 Å². The maximum atomic E-state index is 11.2. The number of nitrogens with zero attached hydrogens (tertiary/aromatic N) is 2. The van der Waals surface area contributed by atoms with Gasteiger partial charge in [0.1, 0.15) is 0 Å². The van der Waals surface area contributed by atoms with Crippen molar-refractivity contribution in [2.24, 2.45) is 5.92 Å². The van der Waals surface area contributed by atoms with Crippen molar-refractivity contribution in [1.82, 2.24) is 9.80 Å². The van der Waals surface area contributed by atoms with E-state index in [1.807, 2.05) is 11.9 Å². The smallest absolute Gasteiger partial charge is 0.219 e. The van der Waals surface area contributed by atoms with Crippen LogP contribution < -0.4 is 0 Å². The second-order valence-electron chi connectivity index (χ2n) is 4.73. The molecule has 1 rings (SSSR count). The van der Waals surface area contributed by atoms with Crippen molar-refractivity contribution < 1.29 is 4.79 Å². The SMILES string of the molecule is CC(=O)N(C)C1CCN(CC(C)C)C1. The van der Waals surface area contributed by atoms with E-state index in [0.717, 1.165) is 32.0 Å². The van der Waals surface area contributed by atoms with Crippen LogP contribution in [-0.2, 0) is 4.79 Å². The molecule has 0 N–H and O–H groups in total. The van der Waals surface area contributed by atoms with E-state index in [9.17, 15) is 4.79 Å². The number of carbonyl (C=O) groups is 1. The zero-order valence-corrected chi connectivity index (χ0v) is 9.79. The maximum absolute atomic E-state index is 11.2. The number of hydrogen-bond donors (Lipinski definition) is 0. The number of amides is 1. The lowest BCUT2D eigenvalue weighted by Gasteiger charge is -2.24. The van der Waals surface area contributed by atoms with Gasteiger partial charge in [0, 0.05) is 39.6 Å². The second kappa shape index (κ2) is 4.78. The number of hydrogen-bond acceptors (Lipinski definition) is 2. The average molecular weight is 198 g/mol. The molecule has 0 aromatic carbocycles. The first-order valence-corrected chi connectivity index (χ1v) is 5.46. The van der Waals surface area contributed by atoms with Crippen LogP contribution >= 0.6 is 0 Å². The number of likely N-dealkylation sites (N-methyl/N-ethyl adjacent to an activating group) is 1. The first-order chi connectivity index (χ1) is 6.50. The Hall–Kier alpha value is -0.570. The minimum atomic E-state index is 0.182. The highest BCUT2D eigenvalue weighted by Gasteiger charge is 2.26. The summed E-state index contributed by atoms with van der Waals surface area (Å²) in [7, 11) is 1.91. The Bertz CT molecular complexity index is 203. The monoisotopic (exact) mass is 198 g/mol. The zero-order valence-electron chi connectivity index (χ0n) is 9.79. The summed E-state index contributed by atoms with van der Waals surface area (Å²) in [6.07, 6.45) is 1.13. The van der Waals surface area contributed by atoms with Gasteiger partial charge in [-0.2, -0.15) is 0 Å². The standard InChI is InChI=1S/C11H22N2O/c1-9(2)7-13-6-5-11(8-13)12(4)10(3)14/h9,11H,5-8H2,1-4H3. The Morgan fingerprint density at radius 3 is 2.71 bits per heavy atom. The van der Waals surface area contributed by atoms with Crippen molar-refractivity contribution in [3.8, 4) is 0 Å². The van der Waals surface area contributed by atoms with Crippen molar-refractivity contribution >= 4 is 5.91 Å². The minimum absolute atomic E-state index is 0.182. The first kappa shape index (κ1) is 11.5. The van der Waals surface area contributed by atoms with E-state index >= 15 is 0 Å². The lowest BCUT2D eigenvalue weighted by atomic mass is 10.2. The number of likely N-dealkylation sites (tertiary alicyclic amines) is 1. The molecule has 3 nitrogen and oxygen atoms in total. The lowest BCUT2D eigenvalue weighted by molar-refractivity contribution is -0.129. The van der Waals surface area contributed by atoms with E-state index < -0.39 is 0 Å². The number of carbonyl (C=O) groups excluding carboxylic acids is 1. The summed E-state index contributed by atoms with van der Waals surface area (Å²) >= 11 is 0. The molecule has 14 heavy (non-hydrogen) atoms. The van der Waals surface area contributed by atoms with Crippen LogP contribution in [0.1, 0.15) is 27.2 Å². The quantitative estimate of drug-likeness (QED) is 0.680. The summed E-state index contributed by atoms with van der Waals surface area (Å²) in [6.45, 7) is 9.46. The molecule has 1 aliphatic heterocycles. The van der Waals surface area contributed by atoms with Gasteiger partial charge in [0.05, 0.1) is 0 Å². The molecule has 1 fully saturated rings. The summed E-state index contributed by atoms with van der Waals surface area (Å²) in [5.74, 6) is 0.901. The molecule has 0 spiro atoms. The van der Waals surface area contributed by atoms with E-state index in [1.165, 1.54) is 0 Å². The molecular weight excluding hydrogens is 176 g/mol. The third kappa shape index (κ3) is 2.98. The fraction of sp³-hybridized carbons (Fsp3) is 0.909. The molecule has 0 bridgehead atoms. The summed E-state index contributed by atoms with van der Waals surface area (Å²) in [4.78, 5) is 15.5. The van der Waals surface area contributed by atoms with E-state index in [0.29, 0.717) is 6.04 Å². The highest BCUT2D eigenvalue weighted by molar-refractivity contribution is 5.73. The maximum Gasteiger partial charge on any atom is 0.219 e. The Labute approximate surface area is 87.1 Å². The van der Waals surface area contributed by atoms with E-state index in [-0.39, 0.29) is 5.91 Å². The van der Waals surface area contributed by atoms with Crippen LogP contribution in [0, 0.1) is 5.92 Å². The molecule has 0 saturated carbocycles. The van der Waals surface area contributed by atoms with Gasteiger partial charge in [-0.15, -0.1) is 0 Å². The van der Waals surface area contributed by atoms with Crippen molar-refractivity contribution in [2.45, 2.75) is 33.2 Å². The van der Waals surface area contributed by atoms with Crippen LogP contribution in [0.2, 0.25) is 0 Å². The highest BCUT2D eigenvalue weighted by atomic mass is 16.2. The molecule has 0 aromatic heterocycles. The van der Waals surface area contributed by atoms with E-state index in [4.69, 9.17) is 0 Å². The van der Waals surface area contributed by atoms with Crippen LogP contribution in [0.15, 0.2) is 0 Å². The van der Waals surface area contributed by atoms with Gasteiger partial charge >= 0.3 is 0 Å². The Morgan fingerprint density at radius 2 is 2.21 bits per heavy atom. The molecule has 1 aliphatic rings. The molecule has 1 atom stereocenters. The number of rotatable bonds is 3. The highest BCUT2D eigenvalue weighted by Crippen LogP contribution is 2.15. The molecule has 0 aromatic rings. The molecule has 0 aliphatic carbocycles. The van der Waals surface area contributed by atoms with Crippen molar-refractivity contribution in [2.75, 3.05) is 26.7 Å². The van der Waals surface area contributed by atoms with Crippen LogP contribution in [0.4, 0.5) is 0 Å². The van der Waals surface area contributed by atoms with Crippen molar-refractivity contribution in [3.63, 3.8) is 0 Å².